The smallest absolute Gasteiger partial charge is 0.269 e. The van der Waals surface area contributed by atoms with E-state index in [0.717, 1.165) is 27.1 Å². The number of rotatable bonds is 5. The number of anilines is 1. The number of benzene rings is 2. The molecule has 0 aliphatic heterocycles. The van der Waals surface area contributed by atoms with E-state index in [1.165, 1.54) is 12.1 Å². The lowest BCUT2D eigenvalue weighted by atomic mass is 10.2. The zero-order chi connectivity index (χ0) is 18.7. The quantitative estimate of drug-likeness (QED) is 0.355. The number of hydrogen-bond acceptors (Lipinski definition) is 4. The van der Waals surface area contributed by atoms with Crippen LogP contribution >= 0.6 is 15.9 Å². The van der Waals surface area contributed by atoms with E-state index in [1.807, 2.05) is 32.0 Å². The Bertz CT molecular complexity index is 963. The van der Waals surface area contributed by atoms with E-state index < -0.39 is 4.92 Å². The Morgan fingerprint density at radius 2 is 1.73 bits per heavy atom. The fraction of sp³-hybridized carbons (Fsp3) is 0.105. The molecular formula is C19H17BrN4O2. The number of nitrogens with one attached hydrogen (secondary N) is 1. The van der Waals surface area contributed by atoms with Gasteiger partial charge in [-0.2, -0.15) is 5.10 Å². The van der Waals surface area contributed by atoms with Gasteiger partial charge in [-0.1, -0.05) is 18.2 Å². The van der Waals surface area contributed by atoms with Gasteiger partial charge in [-0.15, -0.1) is 0 Å². The van der Waals surface area contributed by atoms with Gasteiger partial charge < -0.3 is 4.57 Å². The minimum atomic E-state index is -0.428. The standard InChI is InChI=1S/C19H17BrN4O2/c1-13-18(12-21-22-15-8-10-17(11-9-15)24(25)26)19(20)14(2)23(13)16-6-4-3-5-7-16/h3-12,22H,1-2H3/b21-12-. The summed E-state index contributed by atoms with van der Waals surface area (Å²) in [6.07, 6.45) is 1.74. The zero-order valence-corrected chi connectivity index (χ0v) is 15.9. The summed E-state index contributed by atoms with van der Waals surface area (Å²) in [5.74, 6) is 0. The van der Waals surface area contributed by atoms with Gasteiger partial charge >= 0.3 is 0 Å². The van der Waals surface area contributed by atoms with Gasteiger partial charge in [0.2, 0.25) is 0 Å². The Kier molecular flexibility index (Phi) is 5.18. The molecule has 3 aromatic rings. The maximum absolute atomic E-state index is 10.7. The number of hydrazone groups is 1. The maximum Gasteiger partial charge on any atom is 0.269 e. The van der Waals surface area contributed by atoms with Crippen molar-refractivity contribution in [2.75, 3.05) is 5.43 Å². The van der Waals surface area contributed by atoms with Gasteiger partial charge in [0, 0.05) is 39.2 Å². The van der Waals surface area contributed by atoms with Crippen molar-refractivity contribution >= 4 is 33.5 Å². The average molecular weight is 413 g/mol. The molecule has 7 heteroatoms. The van der Waals surface area contributed by atoms with E-state index in [-0.39, 0.29) is 5.69 Å². The summed E-state index contributed by atoms with van der Waals surface area (Å²) in [5.41, 5.74) is 7.84. The van der Waals surface area contributed by atoms with Crippen LogP contribution in [0.3, 0.4) is 0 Å². The third kappa shape index (κ3) is 3.52. The van der Waals surface area contributed by atoms with Crippen LogP contribution < -0.4 is 5.43 Å². The van der Waals surface area contributed by atoms with E-state index in [0.29, 0.717) is 5.69 Å². The second-order valence-electron chi connectivity index (χ2n) is 5.74. The number of hydrogen-bond donors (Lipinski definition) is 1. The number of nitro benzene ring substituents is 1. The fourth-order valence-corrected chi connectivity index (χ4v) is 3.33. The lowest BCUT2D eigenvalue weighted by Gasteiger charge is -2.08. The van der Waals surface area contributed by atoms with Crippen molar-refractivity contribution in [3.63, 3.8) is 0 Å². The molecule has 1 N–H and O–H groups in total. The number of aromatic nitrogens is 1. The van der Waals surface area contributed by atoms with Gasteiger partial charge in [-0.05, 0) is 54.0 Å². The minimum Gasteiger partial charge on any atom is -0.317 e. The average Bonchev–Trinajstić information content (AvgIpc) is 2.86. The number of non-ortho nitro benzene ring substituents is 1. The Morgan fingerprint density at radius 1 is 1.08 bits per heavy atom. The van der Waals surface area contributed by atoms with Crippen molar-refractivity contribution in [1.82, 2.24) is 4.57 Å². The van der Waals surface area contributed by atoms with Crippen LogP contribution in [0.5, 0.6) is 0 Å². The molecule has 6 nitrogen and oxygen atoms in total. The van der Waals surface area contributed by atoms with Gasteiger partial charge in [-0.25, -0.2) is 0 Å². The Balaban J connectivity index is 1.84. The molecule has 0 amide bonds. The summed E-state index contributed by atoms with van der Waals surface area (Å²) in [6, 6.07) is 16.2. The van der Waals surface area contributed by atoms with Crippen molar-refractivity contribution in [3.8, 4) is 5.69 Å². The monoisotopic (exact) mass is 412 g/mol. The summed E-state index contributed by atoms with van der Waals surface area (Å²) in [7, 11) is 0. The summed E-state index contributed by atoms with van der Waals surface area (Å²) in [4.78, 5) is 10.3. The molecule has 0 saturated heterocycles. The third-order valence-electron chi connectivity index (χ3n) is 4.09. The number of para-hydroxylation sites is 1. The summed E-state index contributed by atoms with van der Waals surface area (Å²) >= 11 is 3.65. The van der Waals surface area contributed by atoms with Crippen LogP contribution in [0.25, 0.3) is 5.69 Å². The molecule has 0 atom stereocenters. The van der Waals surface area contributed by atoms with Crippen molar-refractivity contribution in [2.24, 2.45) is 5.10 Å². The normalized spacial score (nSPS) is 11.0. The lowest BCUT2D eigenvalue weighted by molar-refractivity contribution is -0.384. The highest BCUT2D eigenvalue weighted by atomic mass is 79.9. The molecule has 1 aromatic heterocycles. The van der Waals surface area contributed by atoms with Crippen LogP contribution in [-0.4, -0.2) is 15.7 Å². The van der Waals surface area contributed by atoms with Crippen LogP contribution in [0.15, 0.2) is 64.2 Å². The van der Waals surface area contributed by atoms with Crippen LogP contribution in [0.1, 0.15) is 17.0 Å². The van der Waals surface area contributed by atoms with Crippen LogP contribution in [0.2, 0.25) is 0 Å². The van der Waals surface area contributed by atoms with Crippen molar-refractivity contribution in [2.45, 2.75) is 13.8 Å². The predicted octanol–water partition coefficient (Wildman–Crippen LogP) is 5.21. The molecule has 0 radical (unpaired) electrons. The highest BCUT2D eigenvalue weighted by molar-refractivity contribution is 9.10. The van der Waals surface area contributed by atoms with E-state index in [1.54, 1.807) is 18.3 Å². The van der Waals surface area contributed by atoms with E-state index in [9.17, 15) is 10.1 Å². The first-order valence-electron chi connectivity index (χ1n) is 7.95. The van der Waals surface area contributed by atoms with Crippen molar-refractivity contribution in [1.29, 1.82) is 0 Å². The first-order valence-corrected chi connectivity index (χ1v) is 8.74. The highest BCUT2D eigenvalue weighted by Gasteiger charge is 2.15. The molecule has 0 aliphatic carbocycles. The molecule has 132 valence electrons. The van der Waals surface area contributed by atoms with E-state index >= 15 is 0 Å². The SMILES string of the molecule is Cc1c(Br)c(/C=N\Nc2ccc([N+](=O)[O-])cc2)c(C)n1-c1ccccc1. The van der Waals surface area contributed by atoms with Crippen LogP contribution in [0, 0.1) is 24.0 Å². The summed E-state index contributed by atoms with van der Waals surface area (Å²) in [5, 5.41) is 15.0. The van der Waals surface area contributed by atoms with Gasteiger partial charge in [0.05, 0.1) is 16.8 Å². The van der Waals surface area contributed by atoms with Gasteiger partial charge in [-0.3, -0.25) is 15.5 Å². The Labute approximate surface area is 159 Å². The fourth-order valence-electron chi connectivity index (χ4n) is 2.77. The van der Waals surface area contributed by atoms with Gasteiger partial charge in [0.15, 0.2) is 0 Å². The van der Waals surface area contributed by atoms with E-state index in [4.69, 9.17) is 0 Å². The molecule has 0 fully saturated rings. The first-order chi connectivity index (χ1) is 12.5. The second-order valence-corrected chi connectivity index (χ2v) is 6.54. The molecule has 0 bridgehead atoms. The largest absolute Gasteiger partial charge is 0.317 e. The second kappa shape index (κ2) is 7.53. The molecule has 2 aromatic carbocycles. The molecule has 0 unspecified atom stereocenters. The minimum absolute atomic E-state index is 0.0497. The number of halogens is 1. The molecule has 0 saturated carbocycles. The Hall–Kier alpha value is -2.93. The van der Waals surface area contributed by atoms with Crippen molar-refractivity contribution in [3.05, 3.63) is 86.1 Å². The molecule has 0 aliphatic rings. The Morgan fingerprint density at radius 3 is 2.35 bits per heavy atom. The van der Waals surface area contributed by atoms with Gasteiger partial charge in [0.1, 0.15) is 0 Å². The summed E-state index contributed by atoms with van der Waals surface area (Å²) < 4.78 is 3.14. The van der Waals surface area contributed by atoms with Crippen LogP contribution in [-0.2, 0) is 0 Å². The topological polar surface area (TPSA) is 72.5 Å². The predicted molar refractivity (Wildman–Crippen MR) is 107 cm³/mol. The highest BCUT2D eigenvalue weighted by Crippen LogP contribution is 2.29. The maximum atomic E-state index is 10.7. The lowest BCUT2D eigenvalue weighted by Crippen LogP contribution is -1.99. The van der Waals surface area contributed by atoms with Crippen molar-refractivity contribution < 1.29 is 4.92 Å². The number of nitrogens with zero attached hydrogens (tertiary/aromatic N) is 3. The first kappa shape index (κ1) is 17.9. The number of nitro groups is 1. The molecular weight excluding hydrogens is 396 g/mol. The molecule has 1 heterocycles. The molecule has 26 heavy (non-hydrogen) atoms. The van der Waals surface area contributed by atoms with E-state index in [2.05, 4.69) is 43.2 Å². The molecule has 3 rings (SSSR count). The van der Waals surface area contributed by atoms with Crippen LogP contribution in [0.4, 0.5) is 11.4 Å². The zero-order valence-electron chi connectivity index (χ0n) is 14.3. The van der Waals surface area contributed by atoms with Gasteiger partial charge in [0.25, 0.3) is 5.69 Å². The summed E-state index contributed by atoms with van der Waals surface area (Å²) in [6.45, 7) is 4.09. The molecule has 0 spiro atoms. The third-order valence-corrected chi connectivity index (χ3v) is 5.10.